The second-order valence-corrected chi connectivity index (χ2v) is 6.48. The summed E-state index contributed by atoms with van der Waals surface area (Å²) in [5, 5.41) is 2.68. The molecular weight excluding hydrogens is 278 g/mol. The first-order chi connectivity index (χ1) is 10.5. The number of fused-ring (bicyclic) bond motifs is 1. The molecule has 1 aliphatic carbocycles. The number of likely N-dealkylation sites (tertiary alicyclic amines) is 1. The van der Waals surface area contributed by atoms with E-state index in [-0.39, 0.29) is 17.7 Å². The molecule has 0 spiro atoms. The fourth-order valence-corrected chi connectivity index (χ4v) is 3.69. The number of hydrogen-bond donors (Lipinski definition) is 2. The second-order valence-electron chi connectivity index (χ2n) is 6.48. The second kappa shape index (κ2) is 5.72. The van der Waals surface area contributed by atoms with Crippen molar-refractivity contribution >= 4 is 11.8 Å². The summed E-state index contributed by atoms with van der Waals surface area (Å²) in [5.74, 6) is -0.120. The van der Waals surface area contributed by atoms with E-state index in [1.807, 2.05) is 24.3 Å². The monoisotopic (exact) mass is 301 g/mol. The van der Waals surface area contributed by atoms with E-state index in [1.54, 1.807) is 11.9 Å². The van der Waals surface area contributed by atoms with E-state index in [9.17, 15) is 9.59 Å². The van der Waals surface area contributed by atoms with Gasteiger partial charge in [0, 0.05) is 20.1 Å². The maximum absolute atomic E-state index is 12.9. The van der Waals surface area contributed by atoms with Gasteiger partial charge in [0.25, 0.3) is 0 Å². The molecule has 1 saturated heterocycles. The summed E-state index contributed by atoms with van der Waals surface area (Å²) in [6, 6.07) is 8.05. The Bertz CT molecular complexity index is 574. The molecule has 1 heterocycles. The van der Waals surface area contributed by atoms with Crippen LogP contribution in [0.25, 0.3) is 0 Å². The van der Waals surface area contributed by atoms with Gasteiger partial charge >= 0.3 is 0 Å². The van der Waals surface area contributed by atoms with Crippen molar-refractivity contribution in [1.29, 1.82) is 0 Å². The fourth-order valence-electron chi connectivity index (χ4n) is 3.69. The van der Waals surface area contributed by atoms with E-state index < -0.39 is 5.54 Å². The number of amides is 2. The summed E-state index contributed by atoms with van der Waals surface area (Å²) >= 11 is 0. The van der Waals surface area contributed by atoms with Gasteiger partial charge in [-0.15, -0.1) is 0 Å². The van der Waals surface area contributed by atoms with Gasteiger partial charge in [-0.25, -0.2) is 0 Å². The minimum absolute atomic E-state index is 0.0123. The molecule has 5 heteroatoms. The first-order valence-corrected chi connectivity index (χ1v) is 7.90. The van der Waals surface area contributed by atoms with Gasteiger partial charge in [-0.3, -0.25) is 9.59 Å². The molecule has 1 atom stereocenters. The molecule has 22 heavy (non-hydrogen) atoms. The summed E-state index contributed by atoms with van der Waals surface area (Å²) in [6.45, 7) is 1.18. The molecule has 5 nitrogen and oxygen atoms in total. The molecule has 1 aromatic carbocycles. The minimum atomic E-state index is -0.853. The third-order valence-corrected chi connectivity index (χ3v) is 4.88. The number of rotatable bonds is 2. The van der Waals surface area contributed by atoms with Gasteiger partial charge in [0.05, 0.1) is 5.92 Å². The van der Waals surface area contributed by atoms with E-state index >= 15 is 0 Å². The molecule has 0 saturated carbocycles. The number of benzene rings is 1. The normalized spacial score (nSPS) is 23.0. The van der Waals surface area contributed by atoms with Crippen molar-refractivity contribution in [3.8, 4) is 0 Å². The lowest BCUT2D eigenvalue weighted by molar-refractivity contribution is -0.140. The van der Waals surface area contributed by atoms with Crippen LogP contribution in [-0.4, -0.2) is 42.4 Å². The molecule has 3 N–H and O–H groups in total. The lowest BCUT2D eigenvalue weighted by Gasteiger charge is -2.36. The average molecular weight is 301 g/mol. The van der Waals surface area contributed by atoms with E-state index in [2.05, 4.69) is 5.32 Å². The number of carbonyl (C=O) groups excluding carboxylic acids is 2. The first kappa shape index (κ1) is 15.0. The van der Waals surface area contributed by atoms with Crippen LogP contribution < -0.4 is 11.1 Å². The van der Waals surface area contributed by atoms with Crippen molar-refractivity contribution in [3.05, 3.63) is 35.4 Å². The summed E-state index contributed by atoms with van der Waals surface area (Å²) in [7, 11) is 1.64. The number of hydrogen-bond acceptors (Lipinski definition) is 3. The zero-order valence-corrected chi connectivity index (χ0v) is 13.0. The Balaban J connectivity index is 1.73. The lowest BCUT2D eigenvalue weighted by Crippen LogP contribution is -2.58. The predicted octanol–water partition coefficient (Wildman–Crippen LogP) is 0.467. The van der Waals surface area contributed by atoms with Crippen molar-refractivity contribution in [3.63, 3.8) is 0 Å². The molecule has 0 bridgehead atoms. The molecule has 3 rings (SSSR count). The van der Waals surface area contributed by atoms with Gasteiger partial charge in [-0.1, -0.05) is 24.3 Å². The topological polar surface area (TPSA) is 75.4 Å². The Kier molecular flexibility index (Phi) is 3.91. The van der Waals surface area contributed by atoms with Crippen LogP contribution in [0.4, 0.5) is 0 Å². The summed E-state index contributed by atoms with van der Waals surface area (Å²) in [4.78, 5) is 26.5. The molecule has 2 aliphatic rings. The summed E-state index contributed by atoms with van der Waals surface area (Å²) in [6.07, 6.45) is 2.86. The van der Waals surface area contributed by atoms with Gasteiger partial charge < -0.3 is 16.0 Å². The van der Waals surface area contributed by atoms with Gasteiger partial charge in [-0.05, 0) is 36.8 Å². The molecule has 0 radical (unpaired) electrons. The highest BCUT2D eigenvalue weighted by Crippen LogP contribution is 2.31. The summed E-state index contributed by atoms with van der Waals surface area (Å²) < 4.78 is 0. The Morgan fingerprint density at radius 3 is 2.50 bits per heavy atom. The van der Waals surface area contributed by atoms with Gasteiger partial charge in [-0.2, -0.15) is 0 Å². The molecule has 2 amide bonds. The molecule has 0 unspecified atom stereocenters. The molecule has 1 aromatic rings. The third-order valence-electron chi connectivity index (χ3n) is 4.88. The number of carbonyl (C=O) groups is 2. The molecular formula is C17H23N3O2. The van der Waals surface area contributed by atoms with Crippen LogP contribution in [0.5, 0.6) is 0 Å². The van der Waals surface area contributed by atoms with Crippen molar-refractivity contribution < 1.29 is 9.59 Å². The molecule has 1 fully saturated rings. The van der Waals surface area contributed by atoms with Crippen LogP contribution in [0.2, 0.25) is 0 Å². The van der Waals surface area contributed by atoms with Crippen LogP contribution in [0.15, 0.2) is 24.3 Å². The molecule has 118 valence electrons. The SMILES string of the molecule is CNC(=O)[C@@H]1CCCN(C(=O)C2(N)Cc3ccccc3C2)C1. The van der Waals surface area contributed by atoms with E-state index in [0.29, 0.717) is 25.9 Å². The maximum Gasteiger partial charge on any atom is 0.243 e. The average Bonchev–Trinajstić information content (AvgIpc) is 2.90. The number of piperidine rings is 1. The quantitative estimate of drug-likeness (QED) is 0.833. The smallest absolute Gasteiger partial charge is 0.243 e. The Labute approximate surface area is 130 Å². The Hall–Kier alpha value is -1.88. The van der Waals surface area contributed by atoms with Gasteiger partial charge in [0.2, 0.25) is 11.8 Å². The van der Waals surface area contributed by atoms with Crippen molar-refractivity contribution in [2.24, 2.45) is 11.7 Å². The first-order valence-electron chi connectivity index (χ1n) is 7.90. The highest BCUT2D eigenvalue weighted by atomic mass is 16.2. The van der Waals surface area contributed by atoms with Crippen LogP contribution in [0.3, 0.4) is 0 Å². The number of nitrogens with two attached hydrogens (primary N) is 1. The molecule has 1 aliphatic heterocycles. The Morgan fingerprint density at radius 1 is 1.27 bits per heavy atom. The standard InChI is InChI=1S/C17H23N3O2/c1-19-15(21)14-7-4-8-20(11-14)16(22)17(18)9-12-5-2-3-6-13(12)10-17/h2-3,5-6,14H,4,7-11,18H2,1H3,(H,19,21)/t14-/m1/s1. The van der Waals surface area contributed by atoms with Crippen molar-refractivity contribution in [1.82, 2.24) is 10.2 Å². The predicted molar refractivity (Wildman–Crippen MR) is 84.1 cm³/mol. The highest BCUT2D eigenvalue weighted by molar-refractivity contribution is 5.89. The van der Waals surface area contributed by atoms with E-state index in [1.165, 1.54) is 11.1 Å². The largest absolute Gasteiger partial charge is 0.359 e. The van der Waals surface area contributed by atoms with Crippen molar-refractivity contribution in [2.75, 3.05) is 20.1 Å². The fraction of sp³-hybridized carbons (Fsp3) is 0.529. The van der Waals surface area contributed by atoms with E-state index in [4.69, 9.17) is 5.73 Å². The number of nitrogens with zero attached hydrogens (tertiary/aromatic N) is 1. The summed E-state index contributed by atoms with van der Waals surface area (Å²) in [5.41, 5.74) is 7.92. The Morgan fingerprint density at radius 2 is 1.91 bits per heavy atom. The van der Waals surface area contributed by atoms with Crippen LogP contribution >= 0.6 is 0 Å². The maximum atomic E-state index is 12.9. The lowest BCUT2D eigenvalue weighted by atomic mass is 9.91. The van der Waals surface area contributed by atoms with Crippen molar-refractivity contribution in [2.45, 2.75) is 31.2 Å². The zero-order chi connectivity index (χ0) is 15.7. The van der Waals surface area contributed by atoms with Crippen LogP contribution in [0.1, 0.15) is 24.0 Å². The van der Waals surface area contributed by atoms with Gasteiger partial charge in [0.15, 0.2) is 0 Å². The van der Waals surface area contributed by atoms with Gasteiger partial charge in [0.1, 0.15) is 5.54 Å². The third kappa shape index (κ3) is 2.61. The minimum Gasteiger partial charge on any atom is -0.359 e. The highest BCUT2D eigenvalue weighted by Gasteiger charge is 2.43. The molecule has 0 aromatic heterocycles. The number of nitrogens with one attached hydrogen (secondary N) is 1. The van der Waals surface area contributed by atoms with Crippen LogP contribution in [-0.2, 0) is 22.4 Å². The van der Waals surface area contributed by atoms with Crippen LogP contribution in [0, 0.1) is 5.92 Å². The zero-order valence-electron chi connectivity index (χ0n) is 13.0. The van der Waals surface area contributed by atoms with E-state index in [0.717, 1.165) is 12.8 Å².